The second-order valence-electron chi connectivity index (χ2n) is 18.1. The van der Waals surface area contributed by atoms with Gasteiger partial charge in [0.2, 0.25) is 5.91 Å². The van der Waals surface area contributed by atoms with Crippen LogP contribution in [-0.2, 0) is 56.0 Å². The van der Waals surface area contributed by atoms with E-state index in [-0.39, 0.29) is 19.3 Å². The summed E-state index contributed by atoms with van der Waals surface area (Å²) in [5.41, 5.74) is 2.69. The van der Waals surface area contributed by atoms with Crippen LogP contribution in [0.15, 0.2) is 60.7 Å². The van der Waals surface area contributed by atoms with Crippen molar-refractivity contribution in [2.45, 2.75) is 230 Å². The monoisotopic (exact) mass is 946 g/mol. The molecule has 0 aromatic heterocycles. The molecule has 1 fully saturated rings. The number of esters is 2. The van der Waals surface area contributed by atoms with Crippen LogP contribution in [0.2, 0.25) is 0 Å². The van der Waals surface area contributed by atoms with Crippen LogP contribution in [0.4, 0.5) is 0 Å². The summed E-state index contributed by atoms with van der Waals surface area (Å²) in [6, 6.07) is 19.3. The molecule has 374 valence electrons. The predicted octanol–water partition coefficient (Wildman–Crippen LogP) is 10.2. The lowest BCUT2D eigenvalue weighted by molar-refractivity contribution is -0.254. The Morgan fingerprint density at radius 3 is 1.58 bits per heavy atom. The number of carbonyl (C=O) groups excluding carboxylic acids is 3. The van der Waals surface area contributed by atoms with E-state index < -0.39 is 71.6 Å². The molecule has 1 aliphatic rings. The van der Waals surface area contributed by atoms with E-state index >= 15 is 0 Å². The van der Waals surface area contributed by atoms with Gasteiger partial charge in [-0.15, -0.1) is 0 Å². The zero-order valence-electron chi connectivity index (χ0n) is 39.9. The lowest BCUT2D eigenvalue weighted by Crippen LogP contribution is -2.66. The van der Waals surface area contributed by atoms with E-state index in [2.05, 4.69) is 48.6 Å². The summed E-state index contributed by atoms with van der Waals surface area (Å²) < 4.78 is 55.4. The van der Waals surface area contributed by atoms with Crippen LogP contribution in [0.1, 0.15) is 191 Å². The molecule has 0 bridgehead atoms. The van der Waals surface area contributed by atoms with E-state index in [1.165, 1.54) is 49.7 Å². The first-order chi connectivity index (χ1) is 32.0. The molecule has 14 heteroatoms. The van der Waals surface area contributed by atoms with Gasteiger partial charge in [0.05, 0.1) is 13.0 Å². The van der Waals surface area contributed by atoms with Crippen molar-refractivity contribution < 1.29 is 56.0 Å². The highest BCUT2D eigenvalue weighted by Gasteiger charge is 2.50. The highest BCUT2D eigenvalue weighted by Crippen LogP contribution is 2.28. The van der Waals surface area contributed by atoms with E-state index in [1.54, 1.807) is 0 Å². The topological polar surface area (TPSA) is 195 Å². The van der Waals surface area contributed by atoms with Gasteiger partial charge in [-0.05, 0) is 62.5 Å². The van der Waals surface area contributed by atoms with Gasteiger partial charge < -0.3 is 29.7 Å². The molecule has 0 saturated carbocycles. The number of unbranched alkanes of at least 4 members (excludes halogenated alkanes) is 20. The molecule has 1 heterocycles. The maximum Gasteiger partial charge on any atom is 0.397 e. The molecule has 4 N–H and O–H groups in total. The van der Waals surface area contributed by atoms with Crippen molar-refractivity contribution in [3.05, 3.63) is 71.8 Å². The van der Waals surface area contributed by atoms with Crippen molar-refractivity contribution in [2.75, 3.05) is 6.61 Å². The molecule has 1 saturated heterocycles. The van der Waals surface area contributed by atoms with Gasteiger partial charge in [-0.25, -0.2) is 4.18 Å². The summed E-state index contributed by atoms with van der Waals surface area (Å²) in [4.78, 5) is 40.0. The van der Waals surface area contributed by atoms with Crippen LogP contribution >= 0.6 is 0 Å². The number of carbonyl (C=O) groups is 3. The zero-order valence-corrected chi connectivity index (χ0v) is 40.7. The molecular formula is C52H83NO12S. The molecule has 2 aromatic carbocycles. The van der Waals surface area contributed by atoms with E-state index in [0.717, 1.165) is 109 Å². The second kappa shape index (κ2) is 34.8. The number of hydrogen-bond acceptors (Lipinski definition) is 11. The largest absolute Gasteiger partial charge is 0.462 e. The minimum atomic E-state index is -5.17. The van der Waals surface area contributed by atoms with Crippen molar-refractivity contribution in [1.29, 1.82) is 0 Å². The van der Waals surface area contributed by atoms with Gasteiger partial charge in [0, 0.05) is 12.8 Å². The smallest absolute Gasteiger partial charge is 0.397 e. The van der Waals surface area contributed by atoms with Crippen molar-refractivity contribution in [3.8, 4) is 0 Å². The van der Waals surface area contributed by atoms with E-state index in [1.807, 2.05) is 24.3 Å². The summed E-state index contributed by atoms with van der Waals surface area (Å²) >= 11 is 0. The molecule has 0 aliphatic carbocycles. The molecule has 1 aliphatic heterocycles. The van der Waals surface area contributed by atoms with Crippen molar-refractivity contribution in [3.63, 3.8) is 0 Å². The minimum absolute atomic E-state index is 0.0317. The molecule has 0 spiro atoms. The molecule has 0 radical (unpaired) electrons. The molecular weight excluding hydrogens is 863 g/mol. The third-order valence-corrected chi connectivity index (χ3v) is 12.9. The van der Waals surface area contributed by atoms with Crippen LogP contribution in [0.25, 0.3) is 0 Å². The van der Waals surface area contributed by atoms with Crippen molar-refractivity contribution >= 4 is 28.2 Å². The SMILES string of the molecule is CCCCCCCCCCC[C@@H](CC(=O)N[C@H]1C(O)O[C@H](CO)[C@@H](OS(=O)(=O)O)[C@@H]1OC(=O)CCCCCCCCCc1ccccc1)OC(=O)CCCCCCCCCc1ccccc1. The minimum Gasteiger partial charge on any atom is -0.462 e. The number of aryl methyl sites for hydroxylation is 2. The van der Waals surface area contributed by atoms with Crippen LogP contribution in [0.3, 0.4) is 0 Å². The fourth-order valence-electron chi connectivity index (χ4n) is 8.66. The number of rotatable bonds is 38. The van der Waals surface area contributed by atoms with Gasteiger partial charge in [-0.3, -0.25) is 18.9 Å². The Morgan fingerprint density at radius 2 is 1.09 bits per heavy atom. The summed E-state index contributed by atoms with van der Waals surface area (Å²) in [6.45, 7) is 1.34. The summed E-state index contributed by atoms with van der Waals surface area (Å²) in [5.74, 6) is -1.80. The number of nitrogens with one attached hydrogen (secondary N) is 1. The Morgan fingerprint density at radius 1 is 0.636 bits per heavy atom. The highest BCUT2D eigenvalue weighted by molar-refractivity contribution is 7.80. The normalized spacial score (nSPS) is 19.0. The third kappa shape index (κ3) is 26.2. The van der Waals surface area contributed by atoms with Crippen LogP contribution < -0.4 is 5.32 Å². The summed E-state index contributed by atoms with van der Waals surface area (Å²) in [7, 11) is -5.17. The van der Waals surface area contributed by atoms with E-state index in [4.69, 9.17) is 18.4 Å². The Balaban J connectivity index is 1.53. The Hall–Kier alpha value is -3.40. The molecule has 1 amide bonds. The van der Waals surface area contributed by atoms with Gasteiger partial charge in [0.15, 0.2) is 12.4 Å². The van der Waals surface area contributed by atoms with E-state index in [0.29, 0.717) is 19.3 Å². The highest BCUT2D eigenvalue weighted by atomic mass is 32.3. The van der Waals surface area contributed by atoms with Crippen molar-refractivity contribution in [1.82, 2.24) is 5.32 Å². The third-order valence-electron chi connectivity index (χ3n) is 12.4. The van der Waals surface area contributed by atoms with Crippen LogP contribution in [0, 0.1) is 0 Å². The predicted molar refractivity (Wildman–Crippen MR) is 257 cm³/mol. The van der Waals surface area contributed by atoms with Gasteiger partial charge in [-0.1, -0.05) is 183 Å². The van der Waals surface area contributed by atoms with Crippen LogP contribution in [-0.4, -0.2) is 84.4 Å². The lowest BCUT2D eigenvalue weighted by Gasteiger charge is -2.43. The van der Waals surface area contributed by atoms with Crippen LogP contribution in [0.5, 0.6) is 0 Å². The summed E-state index contributed by atoms with van der Waals surface area (Å²) in [5, 5.41) is 23.7. The first-order valence-electron chi connectivity index (χ1n) is 25.3. The number of ether oxygens (including phenoxy) is 3. The van der Waals surface area contributed by atoms with Crippen molar-refractivity contribution in [2.24, 2.45) is 0 Å². The quantitative estimate of drug-likeness (QED) is 0.0283. The fourth-order valence-corrected chi connectivity index (χ4v) is 9.18. The van der Waals surface area contributed by atoms with Gasteiger partial charge >= 0.3 is 22.3 Å². The Labute approximate surface area is 396 Å². The zero-order chi connectivity index (χ0) is 47.7. The van der Waals surface area contributed by atoms with Gasteiger partial charge in [-0.2, -0.15) is 8.42 Å². The first kappa shape index (κ1) is 56.9. The Bertz CT molecular complexity index is 1680. The second-order valence-corrected chi connectivity index (χ2v) is 19.2. The standard InChI is InChI=1S/C52H83NO12S/c1-2-3-4-5-6-7-12-17-28-37-44(62-47(56)38-29-18-13-8-10-15-22-31-42-33-24-20-25-34-42)40-46(55)53-49-51(50(65-66(59,60)61)45(41-54)63-52(49)58)64-48(57)39-30-19-14-9-11-16-23-32-43-35-26-21-27-36-43/h20-21,24-27,33-36,44-45,49-52,54,58H,2-19,22-23,28-32,37-41H2,1H3,(H,53,55)(H,59,60,61)/t44-,45+,49+,50+,51+,52?/m0/s1. The average molecular weight is 946 g/mol. The average Bonchev–Trinajstić information content (AvgIpc) is 3.29. The Kier molecular flexibility index (Phi) is 30.0. The van der Waals surface area contributed by atoms with E-state index in [9.17, 15) is 37.6 Å². The van der Waals surface area contributed by atoms with Gasteiger partial charge in [0.25, 0.3) is 0 Å². The maximum absolute atomic E-state index is 13.7. The number of benzene rings is 2. The fraction of sp³-hybridized carbons (Fsp3) is 0.712. The molecule has 6 atom stereocenters. The molecule has 1 unspecified atom stereocenters. The molecule has 3 rings (SSSR count). The summed E-state index contributed by atoms with van der Waals surface area (Å²) in [6.07, 6.45) is 18.3. The first-order valence-corrected chi connectivity index (χ1v) is 26.7. The number of amides is 1. The lowest BCUT2D eigenvalue weighted by atomic mass is 9.96. The molecule has 13 nitrogen and oxygen atoms in total. The van der Waals surface area contributed by atoms with Gasteiger partial charge in [0.1, 0.15) is 24.4 Å². The number of aliphatic hydroxyl groups is 2. The molecule has 2 aromatic rings. The number of hydrogen-bond donors (Lipinski definition) is 4. The number of aliphatic hydroxyl groups excluding tert-OH is 2. The molecule has 66 heavy (non-hydrogen) atoms. The maximum atomic E-state index is 13.7.